The summed E-state index contributed by atoms with van der Waals surface area (Å²) in [6, 6.07) is 1.22. The van der Waals surface area contributed by atoms with Crippen molar-refractivity contribution in [1.29, 1.82) is 0 Å². The SMILES string of the molecule is COC(=O)Cc1c(C(F)F)cc(C)nc1N. The molecule has 1 aromatic heterocycles. The molecule has 1 rings (SSSR count). The number of nitrogen functional groups attached to an aromatic ring is 1. The molecule has 0 aliphatic heterocycles. The van der Waals surface area contributed by atoms with E-state index in [0.29, 0.717) is 5.69 Å². The molecule has 2 N–H and O–H groups in total. The van der Waals surface area contributed by atoms with Gasteiger partial charge >= 0.3 is 5.97 Å². The largest absolute Gasteiger partial charge is 0.469 e. The lowest BCUT2D eigenvalue weighted by molar-refractivity contribution is -0.139. The van der Waals surface area contributed by atoms with Crippen molar-refractivity contribution in [2.24, 2.45) is 0 Å². The lowest BCUT2D eigenvalue weighted by Gasteiger charge is -2.11. The number of nitrogens with two attached hydrogens (primary N) is 1. The van der Waals surface area contributed by atoms with Gasteiger partial charge in [-0.3, -0.25) is 4.79 Å². The van der Waals surface area contributed by atoms with Crippen LogP contribution in [0.15, 0.2) is 6.07 Å². The number of pyridine rings is 1. The minimum absolute atomic E-state index is 0.0347. The van der Waals surface area contributed by atoms with Crippen LogP contribution in [0.2, 0.25) is 0 Å². The van der Waals surface area contributed by atoms with Crippen molar-refractivity contribution in [1.82, 2.24) is 4.98 Å². The number of methoxy groups -OCH3 is 1. The van der Waals surface area contributed by atoms with Gasteiger partial charge in [0, 0.05) is 16.8 Å². The Morgan fingerprint density at radius 2 is 2.25 bits per heavy atom. The van der Waals surface area contributed by atoms with Crippen LogP contribution in [0.25, 0.3) is 0 Å². The second kappa shape index (κ2) is 4.87. The van der Waals surface area contributed by atoms with Crippen LogP contribution in [-0.2, 0) is 16.0 Å². The predicted molar refractivity (Wildman–Crippen MR) is 54.1 cm³/mol. The predicted octanol–water partition coefficient (Wildman–Crippen LogP) is 1.63. The monoisotopic (exact) mass is 230 g/mol. The number of aromatic nitrogens is 1. The van der Waals surface area contributed by atoms with Crippen molar-refractivity contribution in [3.8, 4) is 0 Å². The quantitative estimate of drug-likeness (QED) is 0.801. The zero-order chi connectivity index (χ0) is 12.3. The smallest absolute Gasteiger partial charge is 0.310 e. The van der Waals surface area contributed by atoms with E-state index < -0.39 is 12.4 Å². The first-order valence-corrected chi connectivity index (χ1v) is 4.56. The van der Waals surface area contributed by atoms with E-state index >= 15 is 0 Å². The molecule has 0 saturated heterocycles. The summed E-state index contributed by atoms with van der Waals surface area (Å²) in [4.78, 5) is 14.9. The van der Waals surface area contributed by atoms with Gasteiger partial charge in [0.15, 0.2) is 0 Å². The van der Waals surface area contributed by atoms with Crippen molar-refractivity contribution in [2.75, 3.05) is 12.8 Å². The Morgan fingerprint density at radius 1 is 1.62 bits per heavy atom. The number of halogens is 2. The molecule has 0 fully saturated rings. The molecular weight excluding hydrogens is 218 g/mol. The summed E-state index contributed by atoms with van der Waals surface area (Å²) >= 11 is 0. The molecule has 0 unspecified atom stereocenters. The molecule has 0 aliphatic rings. The highest BCUT2D eigenvalue weighted by Gasteiger charge is 2.19. The highest BCUT2D eigenvalue weighted by molar-refractivity contribution is 5.75. The van der Waals surface area contributed by atoms with Crippen LogP contribution in [0.1, 0.15) is 23.2 Å². The van der Waals surface area contributed by atoms with E-state index in [2.05, 4.69) is 9.72 Å². The Morgan fingerprint density at radius 3 is 2.75 bits per heavy atom. The van der Waals surface area contributed by atoms with Gasteiger partial charge in [-0.25, -0.2) is 13.8 Å². The van der Waals surface area contributed by atoms with Crippen LogP contribution in [-0.4, -0.2) is 18.1 Å². The average molecular weight is 230 g/mol. The fourth-order valence-corrected chi connectivity index (χ4v) is 1.35. The Kier molecular flexibility index (Phi) is 3.76. The molecule has 0 aliphatic carbocycles. The number of hydrogen-bond donors (Lipinski definition) is 1. The summed E-state index contributed by atoms with van der Waals surface area (Å²) < 4.78 is 29.8. The molecule has 16 heavy (non-hydrogen) atoms. The highest BCUT2D eigenvalue weighted by atomic mass is 19.3. The van der Waals surface area contributed by atoms with Gasteiger partial charge in [-0.15, -0.1) is 0 Å². The molecule has 0 aromatic carbocycles. The minimum Gasteiger partial charge on any atom is -0.469 e. The van der Waals surface area contributed by atoms with Crippen molar-refractivity contribution >= 4 is 11.8 Å². The van der Waals surface area contributed by atoms with Crippen molar-refractivity contribution < 1.29 is 18.3 Å². The number of carbonyl (C=O) groups excluding carboxylic acids is 1. The van der Waals surface area contributed by atoms with Crippen LogP contribution in [0.5, 0.6) is 0 Å². The maximum absolute atomic E-state index is 12.7. The third-order valence-electron chi connectivity index (χ3n) is 2.10. The average Bonchev–Trinajstić information content (AvgIpc) is 2.20. The number of anilines is 1. The lowest BCUT2D eigenvalue weighted by Crippen LogP contribution is -2.11. The van der Waals surface area contributed by atoms with Crippen LogP contribution >= 0.6 is 0 Å². The minimum atomic E-state index is -2.69. The Labute approximate surface area is 91.4 Å². The first-order chi connectivity index (χ1) is 7.45. The van der Waals surface area contributed by atoms with E-state index in [1.807, 2.05) is 0 Å². The van der Waals surface area contributed by atoms with Crippen molar-refractivity contribution in [3.05, 3.63) is 22.9 Å². The summed E-state index contributed by atoms with van der Waals surface area (Å²) in [7, 11) is 1.18. The number of esters is 1. The van der Waals surface area contributed by atoms with E-state index in [-0.39, 0.29) is 23.4 Å². The first kappa shape index (κ1) is 12.4. The normalized spacial score (nSPS) is 10.6. The maximum atomic E-state index is 12.7. The van der Waals surface area contributed by atoms with Crippen molar-refractivity contribution in [2.45, 2.75) is 19.8 Å². The molecule has 0 atom stereocenters. The van der Waals surface area contributed by atoms with E-state index in [1.165, 1.54) is 13.2 Å². The first-order valence-electron chi connectivity index (χ1n) is 4.56. The lowest BCUT2D eigenvalue weighted by atomic mass is 10.1. The van der Waals surface area contributed by atoms with Gasteiger partial charge in [0.05, 0.1) is 13.5 Å². The van der Waals surface area contributed by atoms with Gasteiger partial charge in [-0.2, -0.15) is 0 Å². The second-order valence-electron chi connectivity index (χ2n) is 3.27. The zero-order valence-corrected chi connectivity index (χ0v) is 8.96. The summed E-state index contributed by atoms with van der Waals surface area (Å²) in [5, 5.41) is 0. The number of rotatable bonds is 3. The standard InChI is InChI=1S/C10H12F2N2O2/c1-5-3-6(9(11)12)7(10(13)14-5)4-8(15)16-2/h3,9H,4H2,1-2H3,(H2,13,14). The molecule has 88 valence electrons. The van der Waals surface area contributed by atoms with Crippen LogP contribution in [0.4, 0.5) is 14.6 Å². The second-order valence-corrected chi connectivity index (χ2v) is 3.27. The van der Waals surface area contributed by atoms with E-state index in [9.17, 15) is 13.6 Å². The molecule has 0 amide bonds. The van der Waals surface area contributed by atoms with Gasteiger partial charge in [-0.05, 0) is 13.0 Å². The summed E-state index contributed by atoms with van der Waals surface area (Å²) in [5.41, 5.74) is 5.67. The molecular formula is C10H12F2N2O2. The zero-order valence-electron chi connectivity index (χ0n) is 8.96. The van der Waals surface area contributed by atoms with Gasteiger partial charge in [0.2, 0.25) is 0 Å². The Hall–Kier alpha value is -1.72. The number of ether oxygens (including phenoxy) is 1. The molecule has 0 bridgehead atoms. The summed E-state index contributed by atoms with van der Waals surface area (Å²) in [6.45, 7) is 1.56. The molecule has 0 spiro atoms. The molecule has 6 heteroatoms. The Bertz CT molecular complexity index is 408. The van der Waals surface area contributed by atoms with E-state index in [1.54, 1.807) is 6.92 Å². The Balaban J connectivity index is 3.19. The van der Waals surface area contributed by atoms with Crippen LogP contribution in [0.3, 0.4) is 0 Å². The molecule has 1 heterocycles. The van der Waals surface area contributed by atoms with Crippen molar-refractivity contribution in [3.63, 3.8) is 0 Å². The number of nitrogens with zero attached hydrogens (tertiary/aromatic N) is 1. The van der Waals surface area contributed by atoms with E-state index in [0.717, 1.165) is 0 Å². The van der Waals surface area contributed by atoms with Crippen LogP contribution < -0.4 is 5.73 Å². The number of carbonyl (C=O) groups is 1. The fourth-order valence-electron chi connectivity index (χ4n) is 1.35. The third kappa shape index (κ3) is 2.65. The third-order valence-corrected chi connectivity index (χ3v) is 2.10. The molecule has 0 radical (unpaired) electrons. The highest BCUT2D eigenvalue weighted by Crippen LogP contribution is 2.27. The van der Waals surface area contributed by atoms with Crippen LogP contribution in [0, 0.1) is 6.92 Å². The van der Waals surface area contributed by atoms with Gasteiger partial charge < -0.3 is 10.5 Å². The van der Waals surface area contributed by atoms with Gasteiger partial charge in [-0.1, -0.05) is 0 Å². The number of hydrogen-bond acceptors (Lipinski definition) is 4. The summed E-state index contributed by atoms with van der Waals surface area (Å²) in [5.74, 6) is -0.681. The molecule has 1 aromatic rings. The topological polar surface area (TPSA) is 65.2 Å². The van der Waals surface area contributed by atoms with Gasteiger partial charge in [0.25, 0.3) is 6.43 Å². The fraction of sp³-hybridized carbons (Fsp3) is 0.400. The van der Waals surface area contributed by atoms with Gasteiger partial charge in [0.1, 0.15) is 5.82 Å². The molecule has 4 nitrogen and oxygen atoms in total. The maximum Gasteiger partial charge on any atom is 0.310 e. The molecule has 0 saturated carbocycles. The number of alkyl halides is 2. The summed E-state index contributed by atoms with van der Waals surface area (Å²) in [6.07, 6.45) is -2.99. The number of aryl methyl sites for hydroxylation is 1. The van der Waals surface area contributed by atoms with E-state index in [4.69, 9.17) is 5.73 Å².